The fourth-order valence-electron chi connectivity index (χ4n) is 5.78. The molecule has 224 valence electrons. The Balaban J connectivity index is 1.60. The van der Waals surface area contributed by atoms with Gasteiger partial charge in [0.15, 0.2) is 22.5 Å². The zero-order valence-electron chi connectivity index (χ0n) is 23.9. The normalized spacial score (nSPS) is 22.7. The van der Waals surface area contributed by atoms with E-state index in [1.54, 1.807) is 21.4 Å². The number of rotatable bonds is 7. The Labute approximate surface area is 245 Å². The second-order valence-electron chi connectivity index (χ2n) is 10.5. The minimum Gasteiger partial charge on any atom is -0.468 e. The summed E-state index contributed by atoms with van der Waals surface area (Å²) in [5.74, 6) is -2.95. The Morgan fingerprint density at radius 1 is 1.19 bits per heavy atom. The van der Waals surface area contributed by atoms with Crippen molar-refractivity contribution in [3.63, 3.8) is 0 Å². The second kappa shape index (κ2) is 11.8. The van der Waals surface area contributed by atoms with Gasteiger partial charge in [-0.15, -0.1) is 11.3 Å². The summed E-state index contributed by atoms with van der Waals surface area (Å²) < 4.78 is 39.1. The highest BCUT2D eigenvalue weighted by Gasteiger charge is 2.50. The lowest BCUT2D eigenvalue weighted by atomic mass is 9.91. The van der Waals surface area contributed by atoms with E-state index in [1.807, 2.05) is 18.7 Å². The number of methoxy groups -OCH3 is 2. The first-order valence-electron chi connectivity index (χ1n) is 13.5. The topological polar surface area (TPSA) is 117 Å². The van der Waals surface area contributed by atoms with Crippen LogP contribution in [0.25, 0.3) is 0 Å². The van der Waals surface area contributed by atoms with E-state index in [0.29, 0.717) is 36.2 Å². The SMILES string of the molecule is COC(=O)C1=C(CN2CCN3C(=O)N(C(C)C)C[C@H]3[C@@H]2C(=O)OC)NC(c2nccs2)=N[C@H]1c1ccc(F)c(F)c1C. The number of aromatic nitrogens is 1. The predicted octanol–water partition coefficient (Wildman–Crippen LogP) is 2.62. The number of nitrogens with one attached hydrogen (secondary N) is 1. The van der Waals surface area contributed by atoms with Crippen molar-refractivity contribution >= 4 is 35.1 Å². The Hall–Kier alpha value is -3.91. The molecule has 14 heteroatoms. The van der Waals surface area contributed by atoms with Crippen molar-refractivity contribution in [2.24, 2.45) is 4.99 Å². The van der Waals surface area contributed by atoms with Gasteiger partial charge in [-0.1, -0.05) is 6.07 Å². The van der Waals surface area contributed by atoms with E-state index in [9.17, 15) is 23.2 Å². The first-order valence-corrected chi connectivity index (χ1v) is 14.3. The van der Waals surface area contributed by atoms with Gasteiger partial charge < -0.3 is 24.6 Å². The van der Waals surface area contributed by atoms with Crippen LogP contribution in [0.15, 0.2) is 40.0 Å². The van der Waals surface area contributed by atoms with Gasteiger partial charge in [-0.3, -0.25) is 14.7 Å². The number of fused-ring (bicyclic) bond motifs is 1. The number of carbonyl (C=O) groups is 3. The van der Waals surface area contributed by atoms with Gasteiger partial charge in [-0.25, -0.2) is 23.4 Å². The number of benzene rings is 1. The third kappa shape index (κ3) is 5.13. The summed E-state index contributed by atoms with van der Waals surface area (Å²) in [6.07, 6.45) is 1.60. The van der Waals surface area contributed by atoms with Crippen LogP contribution in [0.2, 0.25) is 0 Å². The molecule has 2 aromatic rings. The Bertz CT molecular complexity index is 1460. The van der Waals surface area contributed by atoms with Crippen molar-refractivity contribution in [1.29, 1.82) is 0 Å². The maximum atomic E-state index is 14.7. The molecular formula is C28H32F2N6O5S. The molecule has 0 bridgehead atoms. The first-order chi connectivity index (χ1) is 20.1. The highest BCUT2D eigenvalue weighted by atomic mass is 32.1. The highest BCUT2D eigenvalue weighted by Crippen LogP contribution is 2.37. The highest BCUT2D eigenvalue weighted by molar-refractivity contribution is 7.11. The molecule has 3 atom stereocenters. The average Bonchev–Trinajstić information content (AvgIpc) is 3.63. The van der Waals surface area contributed by atoms with E-state index in [1.165, 1.54) is 38.5 Å². The quantitative estimate of drug-likeness (QED) is 0.481. The standard InChI is InChI=1S/C28H32F2N6O5S/c1-14(2)36-13-19-23(27(38)41-5)34(9-10-35(19)28(36)39)12-18-20(26(37)40-4)22(16-6-7-17(29)21(30)15(16)3)33-24(32-18)25-31-8-11-42-25/h6-8,11,14,19,22-23H,9-10,12-13H2,1-5H3,(H,32,33)/t19-,22-,23+/m0/s1. The predicted molar refractivity (Wildman–Crippen MR) is 150 cm³/mol. The molecule has 11 nitrogen and oxygen atoms in total. The fourth-order valence-corrected chi connectivity index (χ4v) is 6.37. The van der Waals surface area contributed by atoms with Crippen LogP contribution in [0.5, 0.6) is 0 Å². The summed E-state index contributed by atoms with van der Waals surface area (Å²) in [5.41, 5.74) is 0.739. The summed E-state index contributed by atoms with van der Waals surface area (Å²) in [6.45, 7) is 6.32. The molecule has 0 unspecified atom stereocenters. The summed E-state index contributed by atoms with van der Waals surface area (Å²) in [4.78, 5) is 54.0. The third-order valence-electron chi connectivity index (χ3n) is 7.93. The van der Waals surface area contributed by atoms with E-state index < -0.39 is 41.7 Å². The van der Waals surface area contributed by atoms with E-state index in [4.69, 9.17) is 14.5 Å². The van der Waals surface area contributed by atoms with Crippen molar-refractivity contribution < 1.29 is 32.6 Å². The molecule has 1 aromatic heterocycles. The van der Waals surface area contributed by atoms with Crippen LogP contribution < -0.4 is 5.32 Å². The molecule has 3 aliphatic rings. The summed E-state index contributed by atoms with van der Waals surface area (Å²) in [6, 6.07) is -0.143. The zero-order chi connectivity index (χ0) is 30.3. The monoisotopic (exact) mass is 602 g/mol. The number of esters is 2. The Kier molecular flexibility index (Phi) is 8.28. The maximum absolute atomic E-state index is 14.7. The molecular weight excluding hydrogens is 570 g/mol. The molecule has 2 amide bonds. The summed E-state index contributed by atoms with van der Waals surface area (Å²) >= 11 is 1.31. The average molecular weight is 603 g/mol. The molecule has 42 heavy (non-hydrogen) atoms. The van der Waals surface area contributed by atoms with Crippen LogP contribution in [-0.4, -0.2) is 102 Å². The minimum atomic E-state index is -1.05. The molecule has 2 saturated heterocycles. The van der Waals surface area contributed by atoms with Gasteiger partial charge in [-0.2, -0.15) is 0 Å². The number of nitrogens with zero attached hydrogens (tertiary/aromatic N) is 5. The molecule has 3 aliphatic heterocycles. The molecule has 1 N–H and O–H groups in total. The van der Waals surface area contributed by atoms with E-state index in [2.05, 4.69) is 10.3 Å². The van der Waals surface area contributed by atoms with Gasteiger partial charge in [0, 0.05) is 49.5 Å². The van der Waals surface area contributed by atoms with Crippen LogP contribution in [0.4, 0.5) is 13.6 Å². The molecule has 0 radical (unpaired) electrons. The van der Waals surface area contributed by atoms with Gasteiger partial charge >= 0.3 is 18.0 Å². The fraction of sp³-hybridized carbons (Fsp3) is 0.464. The maximum Gasteiger partial charge on any atom is 0.338 e. The first kappa shape index (κ1) is 29.6. The Morgan fingerprint density at radius 2 is 1.95 bits per heavy atom. The summed E-state index contributed by atoms with van der Waals surface area (Å²) in [7, 11) is 2.52. The van der Waals surface area contributed by atoms with Crippen molar-refractivity contribution in [3.05, 3.63) is 62.7 Å². The lowest BCUT2D eigenvalue weighted by Crippen LogP contribution is -2.62. The molecule has 0 saturated carbocycles. The lowest BCUT2D eigenvalue weighted by Gasteiger charge is -2.43. The minimum absolute atomic E-state index is 0.00388. The van der Waals surface area contributed by atoms with Gasteiger partial charge in [0.05, 0.1) is 25.8 Å². The van der Waals surface area contributed by atoms with Crippen molar-refractivity contribution in [2.75, 3.05) is 40.4 Å². The number of urea groups is 1. The van der Waals surface area contributed by atoms with Crippen LogP contribution in [0.1, 0.15) is 36.0 Å². The number of halogens is 2. The van der Waals surface area contributed by atoms with Gasteiger partial charge in [0.1, 0.15) is 12.1 Å². The van der Waals surface area contributed by atoms with Crippen molar-refractivity contribution in [2.45, 2.75) is 44.9 Å². The number of carbonyl (C=O) groups excluding carboxylic acids is 3. The number of amidine groups is 1. The second-order valence-corrected chi connectivity index (χ2v) is 11.4. The van der Waals surface area contributed by atoms with E-state index in [-0.39, 0.29) is 35.3 Å². The van der Waals surface area contributed by atoms with Gasteiger partial charge in [-0.05, 0) is 38.0 Å². The Morgan fingerprint density at radius 3 is 2.60 bits per heavy atom. The molecule has 4 heterocycles. The zero-order valence-corrected chi connectivity index (χ0v) is 24.7. The number of amides is 2. The number of aliphatic imine (C=N–C) groups is 1. The van der Waals surface area contributed by atoms with Crippen LogP contribution in [0, 0.1) is 18.6 Å². The largest absolute Gasteiger partial charge is 0.468 e. The number of hydrogen-bond donors (Lipinski definition) is 1. The number of hydrogen-bond acceptors (Lipinski definition) is 10. The van der Waals surface area contributed by atoms with Crippen LogP contribution in [-0.2, 0) is 19.1 Å². The van der Waals surface area contributed by atoms with Crippen LogP contribution in [0.3, 0.4) is 0 Å². The lowest BCUT2D eigenvalue weighted by molar-refractivity contribution is -0.150. The smallest absolute Gasteiger partial charge is 0.338 e. The summed E-state index contributed by atoms with van der Waals surface area (Å²) in [5, 5.41) is 5.49. The van der Waals surface area contributed by atoms with Crippen LogP contribution >= 0.6 is 11.3 Å². The van der Waals surface area contributed by atoms with Gasteiger partial charge in [0.2, 0.25) is 0 Å². The number of piperazine rings is 1. The van der Waals surface area contributed by atoms with E-state index >= 15 is 0 Å². The van der Waals surface area contributed by atoms with Crippen molar-refractivity contribution in [3.8, 4) is 0 Å². The van der Waals surface area contributed by atoms with E-state index in [0.717, 1.165) is 6.07 Å². The van der Waals surface area contributed by atoms with Crippen molar-refractivity contribution in [1.82, 2.24) is 25.0 Å². The molecule has 1 aromatic carbocycles. The number of thiazole rings is 1. The molecule has 5 rings (SSSR count). The molecule has 0 spiro atoms. The molecule has 2 fully saturated rings. The molecule has 0 aliphatic carbocycles. The third-order valence-corrected chi connectivity index (χ3v) is 8.71. The van der Waals surface area contributed by atoms with Gasteiger partial charge in [0.25, 0.3) is 0 Å². The number of ether oxygens (including phenoxy) is 2.